The fraction of sp³-hybridized carbons (Fsp3) is 0.250. The topological polar surface area (TPSA) is 114 Å². The fourth-order valence-electron chi connectivity index (χ4n) is 3.10. The number of halogens is 2. The molecule has 0 saturated heterocycles. The van der Waals surface area contributed by atoms with Crippen molar-refractivity contribution in [3.05, 3.63) is 69.4 Å². The average Bonchev–Trinajstić information content (AvgIpc) is 3.42. The first-order chi connectivity index (χ1) is 17.2. The molecule has 188 valence electrons. The van der Waals surface area contributed by atoms with E-state index in [1.54, 1.807) is 48.6 Å². The second kappa shape index (κ2) is 12.5. The number of nitrogens with zero attached hydrogens (tertiary/aromatic N) is 6. The van der Waals surface area contributed by atoms with E-state index in [0.717, 1.165) is 8.95 Å². The Morgan fingerprint density at radius 1 is 0.861 bits per heavy atom. The van der Waals surface area contributed by atoms with E-state index in [1.807, 2.05) is 31.3 Å². The van der Waals surface area contributed by atoms with Gasteiger partial charge in [0.2, 0.25) is 0 Å². The lowest BCUT2D eigenvalue weighted by Crippen LogP contribution is -2.10. The van der Waals surface area contributed by atoms with Gasteiger partial charge in [0.1, 0.15) is 17.1 Å². The zero-order chi connectivity index (χ0) is 26.2. The minimum atomic E-state index is -0.422. The minimum Gasteiger partial charge on any atom is -0.461 e. The smallest absolute Gasteiger partial charge is 0.358 e. The quantitative estimate of drug-likeness (QED) is 0.282. The van der Waals surface area contributed by atoms with Crippen molar-refractivity contribution in [1.29, 1.82) is 0 Å². The molecule has 36 heavy (non-hydrogen) atoms. The van der Waals surface area contributed by atoms with Crippen molar-refractivity contribution in [2.24, 2.45) is 14.1 Å². The van der Waals surface area contributed by atoms with E-state index in [0.29, 0.717) is 41.9 Å². The molecular formula is C24H24Br2N6O4. The molecule has 0 aromatic carbocycles. The Balaban J connectivity index is 0.000000201. The van der Waals surface area contributed by atoms with Crippen LogP contribution in [0.5, 0.6) is 0 Å². The van der Waals surface area contributed by atoms with Gasteiger partial charge in [0.25, 0.3) is 0 Å². The minimum absolute atomic E-state index is 0.288. The number of hydrogen-bond acceptors (Lipinski definition) is 8. The summed E-state index contributed by atoms with van der Waals surface area (Å²) in [5, 5.41) is 0. The predicted molar refractivity (Wildman–Crippen MR) is 140 cm³/mol. The Bertz CT molecular complexity index is 1320. The molecule has 0 bridgehead atoms. The molecule has 0 fully saturated rings. The van der Waals surface area contributed by atoms with Gasteiger partial charge in [0.05, 0.1) is 19.4 Å². The molecular weight excluding hydrogens is 596 g/mol. The van der Waals surface area contributed by atoms with E-state index < -0.39 is 5.97 Å². The third-order valence-electron chi connectivity index (χ3n) is 4.74. The number of imidazole rings is 2. The Morgan fingerprint density at radius 3 is 1.97 bits per heavy atom. The molecule has 0 spiro atoms. The highest BCUT2D eigenvalue weighted by molar-refractivity contribution is 9.10. The number of esters is 2. The zero-order valence-corrected chi connectivity index (χ0v) is 23.3. The van der Waals surface area contributed by atoms with Gasteiger partial charge in [-0.25, -0.2) is 19.6 Å². The van der Waals surface area contributed by atoms with Gasteiger partial charge in [-0.15, -0.1) is 0 Å². The predicted octanol–water partition coefficient (Wildman–Crippen LogP) is 4.84. The lowest BCUT2D eigenvalue weighted by atomic mass is 10.3. The standard InChI is InChI=1S/2C12H12BrN3O2/c1-3-18-12(17)10-7-16(2)11(15-10)9-6-8(13)4-5-14-9;1-3-18-12(17)10-7-15-11(16(10)2)9-6-8(13)4-5-14-9/h2*4-7H,3H2,1-2H3. The molecule has 10 nitrogen and oxygen atoms in total. The van der Waals surface area contributed by atoms with Crippen molar-refractivity contribution >= 4 is 43.8 Å². The number of carbonyl (C=O) groups excluding carboxylic acids is 2. The van der Waals surface area contributed by atoms with Crippen molar-refractivity contribution < 1.29 is 19.1 Å². The van der Waals surface area contributed by atoms with E-state index in [9.17, 15) is 9.59 Å². The van der Waals surface area contributed by atoms with Crippen LogP contribution in [0.15, 0.2) is 58.0 Å². The van der Waals surface area contributed by atoms with Gasteiger partial charge in [-0.3, -0.25) is 9.97 Å². The van der Waals surface area contributed by atoms with Gasteiger partial charge in [-0.2, -0.15) is 0 Å². The van der Waals surface area contributed by atoms with Crippen LogP contribution in [0.4, 0.5) is 0 Å². The maximum atomic E-state index is 11.7. The van der Waals surface area contributed by atoms with Crippen LogP contribution in [0.2, 0.25) is 0 Å². The second-order valence-electron chi connectivity index (χ2n) is 7.25. The van der Waals surface area contributed by atoms with Gasteiger partial charge in [0.15, 0.2) is 17.3 Å². The summed E-state index contributed by atoms with van der Waals surface area (Å²) in [7, 11) is 3.57. The van der Waals surface area contributed by atoms with Crippen LogP contribution in [-0.4, -0.2) is 54.2 Å². The second-order valence-corrected chi connectivity index (χ2v) is 9.08. The van der Waals surface area contributed by atoms with E-state index in [4.69, 9.17) is 9.47 Å². The van der Waals surface area contributed by atoms with Crippen LogP contribution in [0.3, 0.4) is 0 Å². The molecule has 4 aromatic rings. The van der Waals surface area contributed by atoms with Gasteiger partial charge >= 0.3 is 11.9 Å². The summed E-state index contributed by atoms with van der Waals surface area (Å²) in [6.45, 7) is 4.21. The summed E-state index contributed by atoms with van der Waals surface area (Å²) in [5.41, 5.74) is 2.09. The fourth-order valence-corrected chi connectivity index (χ4v) is 3.77. The lowest BCUT2D eigenvalue weighted by molar-refractivity contribution is 0.0508. The first kappa shape index (κ1) is 27.2. The normalized spacial score (nSPS) is 10.4. The molecule has 4 rings (SSSR count). The van der Waals surface area contributed by atoms with Crippen molar-refractivity contribution in [2.45, 2.75) is 13.8 Å². The zero-order valence-electron chi connectivity index (χ0n) is 20.1. The Labute approximate surface area is 225 Å². The number of rotatable bonds is 6. The molecule has 0 atom stereocenters. The average molecular weight is 620 g/mol. The molecule has 0 unspecified atom stereocenters. The van der Waals surface area contributed by atoms with Crippen LogP contribution in [0.1, 0.15) is 34.8 Å². The summed E-state index contributed by atoms with van der Waals surface area (Å²) in [6, 6.07) is 7.35. The van der Waals surface area contributed by atoms with Gasteiger partial charge in [0, 0.05) is 41.6 Å². The number of aryl methyl sites for hydroxylation is 1. The SMILES string of the molecule is CCOC(=O)c1cn(C)c(-c2cc(Br)ccn2)n1.CCOC(=O)c1cnc(-c2cc(Br)ccn2)n1C. The maximum Gasteiger partial charge on any atom is 0.358 e. The Morgan fingerprint density at radius 2 is 1.42 bits per heavy atom. The van der Waals surface area contributed by atoms with E-state index in [1.165, 1.54) is 6.20 Å². The molecule has 0 radical (unpaired) electrons. The molecule has 4 aromatic heterocycles. The Hall–Kier alpha value is -3.38. The van der Waals surface area contributed by atoms with Crippen molar-refractivity contribution in [3.63, 3.8) is 0 Å². The number of hydrogen-bond donors (Lipinski definition) is 0. The van der Waals surface area contributed by atoms with Crippen LogP contribution in [0.25, 0.3) is 23.0 Å². The number of pyridine rings is 2. The van der Waals surface area contributed by atoms with Crippen LogP contribution >= 0.6 is 31.9 Å². The largest absolute Gasteiger partial charge is 0.461 e. The van der Waals surface area contributed by atoms with Gasteiger partial charge < -0.3 is 18.6 Å². The van der Waals surface area contributed by atoms with Crippen molar-refractivity contribution in [3.8, 4) is 23.0 Å². The van der Waals surface area contributed by atoms with E-state index >= 15 is 0 Å². The highest BCUT2D eigenvalue weighted by Gasteiger charge is 2.17. The molecule has 0 N–H and O–H groups in total. The first-order valence-corrected chi connectivity index (χ1v) is 12.5. The number of aromatic nitrogens is 6. The number of carbonyl (C=O) groups is 2. The summed E-state index contributed by atoms with van der Waals surface area (Å²) >= 11 is 6.75. The van der Waals surface area contributed by atoms with E-state index in [-0.39, 0.29) is 11.7 Å². The van der Waals surface area contributed by atoms with Gasteiger partial charge in [-0.05, 0) is 38.1 Å². The van der Waals surface area contributed by atoms with Crippen LogP contribution in [0, 0.1) is 0 Å². The molecule has 0 saturated carbocycles. The molecule has 4 heterocycles. The molecule has 12 heteroatoms. The molecule has 0 aliphatic carbocycles. The summed E-state index contributed by atoms with van der Waals surface area (Å²) < 4.78 is 15.1. The lowest BCUT2D eigenvalue weighted by Gasteiger charge is -2.05. The third-order valence-corrected chi connectivity index (χ3v) is 5.72. The van der Waals surface area contributed by atoms with Gasteiger partial charge in [-0.1, -0.05) is 31.9 Å². The summed E-state index contributed by atoms with van der Waals surface area (Å²) in [5.74, 6) is 0.446. The monoisotopic (exact) mass is 618 g/mol. The first-order valence-electron chi connectivity index (χ1n) is 10.9. The highest BCUT2D eigenvalue weighted by atomic mass is 79.9. The summed E-state index contributed by atoms with van der Waals surface area (Å²) in [4.78, 5) is 40.1. The van der Waals surface area contributed by atoms with Crippen LogP contribution < -0.4 is 0 Å². The van der Waals surface area contributed by atoms with Crippen molar-refractivity contribution in [1.82, 2.24) is 29.1 Å². The highest BCUT2D eigenvalue weighted by Crippen LogP contribution is 2.21. The van der Waals surface area contributed by atoms with Crippen LogP contribution in [-0.2, 0) is 23.6 Å². The van der Waals surface area contributed by atoms with E-state index in [2.05, 4.69) is 51.8 Å². The van der Waals surface area contributed by atoms with Crippen molar-refractivity contribution in [2.75, 3.05) is 13.2 Å². The maximum absolute atomic E-state index is 11.7. The third kappa shape index (κ3) is 6.64. The molecule has 0 aliphatic rings. The Kier molecular flexibility index (Phi) is 9.48. The molecule has 0 amide bonds. The molecule has 0 aliphatic heterocycles. The number of ether oxygens (including phenoxy) is 2. The summed E-state index contributed by atoms with van der Waals surface area (Å²) in [6.07, 6.45) is 6.49.